The average Bonchev–Trinajstić information content (AvgIpc) is 1.67. The first-order valence-corrected chi connectivity index (χ1v) is 2.55. The minimum Gasteiger partial charge on any atom is -0.398 e. The largest absolute Gasteiger partial charge is 0.398 e. The maximum atomic E-state index is 5.35. The molecule has 2 N–H and O–H groups in total. The molecule has 0 fully saturated rings. The Morgan fingerprint density at radius 3 is 2.25 bits per heavy atom. The van der Waals surface area contributed by atoms with E-state index in [-0.39, 0.29) is 5.92 Å². The molecule has 0 saturated heterocycles. The molecule has 0 aliphatic carbocycles. The van der Waals surface area contributed by atoms with Crippen molar-refractivity contribution in [1.29, 1.82) is 0 Å². The lowest BCUT2D eigenvalue weighted by Crippen LogP contribution is -2.18. The summed E-state index contributed by atoms with van der Waals surface area (Å²) in [6.45, 7) is 3.91. The van der Waals surface area contributed by atoms with Crippen molar-refractivity contribution >= 4 is 5.84 Å². The van der Waals surface area contributed by atoms with Crippen LogP contribution in [-0.4, -0.2) is 12.9 Å². The highest BCUT2D eigenvalue weighted by molar-refractivity contribution is 5.81. The van der Waals surface area contributed by atoms with E-state index < -0.39 is 0 Å². The molecule has 0 spiro atoms. The molecular weight excluding hydrogens is 104 g/mol. The van der Waals surface area contributed by atoms with Gasteiger partial charge < -0.3 is 10.6 Å². The van der Waals surface area contributed by atoms with Crippen molar-refractivity contribution in [2.45, 2.75) is 13.8 Å². The van der Waals surface area contributed by atoms with E-state index in [1.165, 1.54) is 7.11 Å². The highest BCUT2D eigenvalue weighted by Crippen LogP contribution is 1.89. The third-order valence-electron chi connectivity index (χ3n) is 0.788. The Hall–Kier alpha value is -0.730. The Morgan fingerprint density at radius 2 is 2.12 bits per heavy atom. The lowest BCUT2D eigenvalue weighted by Gasteiger charge is -1.99. The van der Waals surface area contributed by atoms with Gasteiger partial charge >= 0.3 is 0 Å². The third-order valence-corrected chi connectivity index (χ3v) is 0.788. The summed E-state index contributed by atoms with van der Waals surface area (Å²) < 4.78 is 0. The molecule has 0 saturated carbocycles. The molecule has 0 aromatic rings. The fourth-order valence-electron chi connectivity index (χ4n) is 0.211. The van der Waals surface area contributed by atoms with Gasteiger partial charge in [0, 0.05) is 5.92 Å². The van der Waals surface area contributed by atoms with Crippen LogP contribution in [0.15, 0.2) is 5.16 Å². The van der Waals surface area contributed by atoms with E-state index in [0.29, 0.717) is 5.84 Å². The Bertz CT molecular complexity index is 88.4. The molecule has 0 amide bonds. The Morgan fingerprint density at radius 1 is 1.62 bits per heavy atom. The normalized spacial score (nSPS) is 12.2. The number of oxime groups is 1. The van der Waals surface area contributed by atoms with E-state index >= 15 is 0 Å². The summed E-state index contributed by atoms with van der Waals surface area (Å²) in [5.41, 5.74) is 5.35. The quantitative estimate of drug-likeness (QED) is 0.325. The van der Waals surface area contributed by atoms with Gasteiger partial charge in [-0.05, 0) is 0 Å². The maximum Gasteiger partial charge on any atom is 0.141 e. The van der Waals surface area contributed by atoms with Gasteiger partial charge in [0.25, 0.3) is 0 Å². The van der Waals surface area contributed by atoms with E-state index in [9.17, 15) is 0 Å². The van der Waals surface area contributed by atoms with Crippen molar-refractivity contribution in [3.63, 3.8) is 0 Å². The van der Waals surface area contributed by atoms with Crippen LogP contribution in [0.25, 0.3) is 0 Å². The SMILES string of the molecule is CON=C(N)C(C)C. The van der Waals surface area contributed by atoms with Gasteiger partial charge in [0.2, 0.25) is 0 Å². The molecule has 0 aromatic carbocycles. The maximum absolute atomic E-state index is 5.35. The number of nitrogens with zero attached hydrogens (tertiary/aromatic N) is 1. The molecule has 0 aromatic heterocycles. The van der Waals surface area contributed by atoms with Crippen LogP contribution in [0.2, 0.25) is 0 Å². The highest BCUT2D eigenvalue weighted by atomic mass is 16.6. The molecule has 48 valence electrons. The Labute approximate surface area is 49.5 Å². The molecule has 3 nitrogen and oxygen atoms in total. The standard InChI is InChI=1S/C5H12N2O/c1-4(2)5(6)7-8-3/h4H,1-3H3,(H2,6,7). The van der Waals surface area contributed by atoms with E-state index in [1.807, 2.05) is 13.8 Å². The second-order valence-corrected chi connectivity index (χ2v) is 1.85. The summed E-state index contributed by atoms with van der Waals surface area (Å²) in [7, 11) is 1.48. The van der Waals surface area contributed by atoms with Crippen LogP contribution in [0.3, 0.4) is 0 Å². The number of hydrogen-bond acceptors (Lipinski definition) is 2. The Kier molecular flexibility index (Phi) is 2.99. The number of rotatable bonds is 2. The lowest BCUT2D eigenvalue weighted by molar-refractivity contribution is 0.211. The summed E-state index contributed by atoms with van der Waals surface area (Å²) in [5.74, 6) is 0.808. The van der Waals surface area contributed by atoms with Crippen LogP contribution in [0, 0.1) is 5.92 Å². The summed E-state index contributed by atoms with van der Waals surface area (Å²) in [5, 5.41) is 3.52. The number of nitrogens with two attached hydrogens (primary N) is 1. The van der Waals surface area contributed by atoms with E-state index in [2.05, 4.69) is 9.99 Å². The van der Waals surface area contributed by atoms with Gasteiger partial charge in [-0.15, -0.1) is 0 Å². The number of hydrogen-bond donors (Lipinski definition) is 1. The monoisotopic (exact) mass is 116 g/mol. The first-order chi connectivity index (χ1) is 3.68. The van der Waals surface area contributed by atoms with Crippen molar-refractivity contribution in [2.75, 3.05) is 7.11 Å². The molecule has 3 heteroatoms. The molecule has 0 atom stereocenters. The van der Waals surface area contributed by atoms with E-state index in [4.69, 9.17) is 5.73 Å². The third kappa shape index (κ3) is 2.44. The molecule has 8 heavy (non-hydrogen) atoms. The fourth-order valence-corrected chi connectivity index (χ4v) is 0.211. The second-order valence-electron chi connectivity index (χ2n) is 1.85. The predicted molar refractivity (Wildman–Crippen MR) is 33.5 cm³/mol. The smallest absolute Gasteiger partial charge is 0.141 e. The average molecular weight is 116 g/mol. The van der Waals surface area contributed by atoms with Crippen molar-refractivity contribution in [1.82, 2.24) is 0 Å². The summed E-state index contributed by atoms with van der Waals surface area (Å²) in [6.07, 6.45) is 0. The van der Waals surface area contributed by atoms with Gasteiger partial charge in [-0.1, -0.05) is 19.0 Å². The van der Waals surface area contributed by atoms with Crippen molar-refractivity contribution in [3.05, 3.63) is 0 Å². The summed E-state index contributed by atoms with van der Waals surface area (Å²) in [4.78, 5) is 4.43. The van der Waals surface area contributed by atoms with Crippen LogP contribution in [0.1, 0.15) is 13.8 Å². The van der Waals surface area contributed by atoms with E-state index in [0.717, 1.165) is 0 Å². The fraction of sp³-hybridized carbons (Fsp3) is 0.800. The second kappa shape index (κ2) is 3.29. The minimum absolute atomic E-state index is 0.273. The van der Waals surface area contributed by atoms with Gasteiger partial charge in [-0.2, -0.15) is 0 Å². The van der Waals surface area contributed by atoms with Crippen LogP contribution >= 0.6 is 0 Å². The van der Waals surface area contributed by atoms with Crippen LogP contribution < -0.4 is 5.73 Å². The molecule has 0 radical (unpaired) electrons. The van der Waals surface area contributed by atoms with Crippen LogP contribution in [0.4, 0.5) is 0 Å². The summed E-state index contributed by atoms with van der Waals surface area (Å²) in [6, 6.07) is 0. The van der Waals surface area contributed by atoms with Gasteiger partial charge in [-0.3, -0.25) is 0 Å². The Balaban J connectivity index is 3.61. The number of amidine groups is 1. The zero-order valence-electron chi connectivity index (χ0n) is 5.51. The molecule has 0 heterocycles. The molecule has 0 aliphatic heterocycles. The van der Waals surface area contributed by atoms with Gasteiger partial charge in [0.1, 0.15) is 12.9 Å². The molecule has 0 bridgehead atoms. The first kappa shape index (κ1) is 7.27. The molecule has 0 unspecified atom stereocenters. The molecule has 0 aliphatic rings. The summed E-state index contributed by atoms with van der Waals surface area (Å²) >= 11 is 0. The minimum atomic E-state index is 0.273. The van der Waals surface area contributed by atoms with Gasteiger partial charge in [-0.25, -0.2) is 0 Å². The highest BCUT2D eigenvalue weighted by Gasteiger charge is 1.96. The lowest BCUT2D eigenvalue weighted by atomic mass is 10.2. The van der Waals surface area contributed by atoms with Gasteiger partial charge in [0.05, 0.1) is 0 Å². The van der Waals surface area contributed by atoms with Crippen LogP contribution in [-0.2, 0) is 4.84 Å². The molecular formula is C5H12N2O. The van der Waals surface area contributed by atoms with Crippen molar-refractivity contribution in [3.8, 4) is 0 Å². The van der Waals surface area contributed by atoms with Crippen molar-refractivity contribution < 1.29 is 4.84 Å². The zero-order chi connectivity index (χ0) is 6.57. The van der Waals surface area contributed by atoms with E-state index in [1.54, 1.807) is 0 Å². The first-order valence-electron chi connectivity index (χ1n) is 2.55. The van der Waals surface area contributed by atoms with Crippen molar-refractivity contribution in [2.24, 2.45) is 16.8 Å². The van der Waals surface area contributed by atoms with Gasteiger partial charge in [0.15, 0.2) is 0 Å². The topological polar surface area (TPSA) is 47.6 Å². The predicted octanol–water partition coefficient (Wildman–Crippen LogP) is 0.561. The zero-order valence-corrected chi connectivity index (χ0v) is 5.51. The van der Waals surface area contributed by atoms with Crippen LogP contribution in [0.5, 0.6) is 0 Å². The molecule has 0 rings (SSSR count).